The SMILES string of the molecule is CCCCCCCCCCCCCCCCCCOC[C@H]1C[C@H](COCCCCCO)CO1. The largest absolute Gasteiger partial charge is 0.396 e. The van der Waals surface area contributed by atoms with E-state index in [1.165, 1.54) is 103 Å². The van der Waals surface area contributed by atoms with Gasteiger partial charge in [0.1, 0.15) is 0 Å². The van der Waals surface area contributed by atoms with Crippen molar-refractivity contribution in [3.05, 3.63) is 0 Å². The number of ether oxygens (including phenoxy) is 3. The normalized spacial score (nSPS) is 18.4. The van der Waals surface area contributed by atoms with E-state index in [1.807, 2.05) is 0 Å². The van der Waals surface area contributed by atoms with Crippen LogP contribution in [0.5, 0.6) is 0 Å². The van der Waals surface area contributed by atoms with Crippen molar-refractivity contribution in [1.82, 2.24) is 0 Å². The second-order valence-electron chi connectivity index (χ2n) is 10.3. The van der Waals surface area contributed by atoms with Crippen molar-refractivity contribution in [3.8, 4) is 0 Å². The van der Waals surface area contributed by atoms with Crippen LogP contribution in [0.1, 0.15) is 135 Å². The fraction of sp³-hybridized carbons (Fsp3) is 1.00. The van der Waals surface area contributed by atoms with E-state index < -0.39 is 0 Å². The van der Waals surface area contributed by atoms with E-state index >= 15 is 0 Å². The van der Waals surface area contributed by atoms with Crippen LogP contribution in [0, 0.1) is 5.92 Å². The van der Waals surface area contributed by atoms with Crippen molar-refractivity contribution >= 4 is 0 Å². The molecule has 0 aromatic carbocycles. The average Bonchev–Trinajstić information content (AvgIpc) is 3.28. The number of aliphatic hydroxyl groups is 1. The highest BCUT2D eigenvalue weighted by Crippen LogP contribution is 2.20. The lowest BCUT2D eigenvalue weighted by molar-refractivity contribution is 0.0141. The number of hydrogen-bond donors (Lipinski definition) is 1. The Balaban J connectivity index is 1.72. The van der Waals surface area contributed by atoms with Gasteiger partial charge in [-0.2, -0.15) is 0 Å². The molecule has 4 heteroatoms. The van der Waals surface area contributed by atoms with E-state index in [0.29, 0.717) is 5.92 Å². The van der Waals surface area contributed by atoms with E-state index in [9.17, 15) is 0 Å². The molecule has 1 heterocycles. The number of rotatable bonds is 26. The molecule has 1 fully saturated rings. The second-order valence-corrected chi connectivity index (χ2v) is 10.3. The lowest BCUT2D eigenvalue weighted by Gasteiger charge is -2.11. The summed E-state index contributed by atoms with van der Waals surface area (Å²) in [5.74, 6) is 0.520. The Hall–Kier alpha value is -0.160. The third kappa shape index (κ3) is 20.9. The molecule has 1 aliphatic rings. The summed E-state index contributed by atoms with van der Waals surface area (Å²) in [6.45, 7) is 6.61. The van der Waals surface area contributed by atoms with Gasteiger partial charge in [-0.3, -0.25) is 0 Å². The molecule has 1 N–H and O–H groups in total. The fourth-order valence-electron chi connectivity index (χ4n) is 4.72. The molecule has 0 saturated carbocycles. The molecule has 2 atom stereocenters. The zero-order valence-corrected chi connectivity index (χ0v) is 22.2. The number of hydrogen-bond acceptors (Lipinski definition) is 4. The molecule has 0 aliphatic carbocycles. The van der Waals surface area contributed by atoms with Gasteiger partial charge in [0.05, 0.1) is 25.9 Å². The highest BCUT2D eigenvalue weighted by Gasteiger charge is 2.25. The van der Waals surface area contributed by atoms with Crippen LogP contribution < -0.4 is 0 Å². The standard InChI is InChI=1S/C29H58O4/c1-2-3-4-5-6-7-8-9-10-11-12-13-14-15-16-19-23-32-27-29-24-28(26-33-29)25-31-22-20-17-18-21-30/h28-30H,2-27H2,1H3/t28-,29-/m1/s1. The molecule has 1 rings (SSSR count). The van der Waals surface area contributed by atoms with Gasteiger partial charge in [-0.15, -0.1) is 0 Å². The Morgan fingerprint density at radius 3 is 1.58 bits per heavy atom. The quantitative estimate of drug-likeness (QED) is 0.131. The number of unbranched alkanes of at least 4 members (excludes halogenated alkanes) is 17. The van der Waals surface area contributed by atoms with Crippen molar-refractivity contribution in [2.24, 2.45) is 5.92 Å². The van der Waals surface area contributed by atoms with Crippen LogP contribution in [0.15, 0.2) is 0 Å². The van der Waals surface area contributed by atoms with E-state index in [4.69, 9.17) is 19.3 Å². The molecule has 0 amide bonds. The minimum atomic E-state index is 0.258. The maximum atomic E-state index is 8.78. The molecule has 4 nitrogen and oxygen atoms in total. The third-order valence-electron chi connectivity index (χ3n) is 6.91. The van der Waals surface area contributed by atoms with Crippen molar-refractivity contribution in [3.63, 3.8) is 0 Å². The van der Waals surface area contributed by atoms with Gasteiger partial charge in [-0.1, -0.05) is 103 Å². The Labute approximate surface area is 206 Å². The Kier molecular flexibility index (Phi) is 23.3. The number of aliphatic hydroxyl groups excluding tert-OH is 1. The average molecular weight is 471 g/mol. The first-order valence-corrected chi connectivity index (χ1v) is 14.7. The summed E-state index contributed by atoms with van der Waals surface area (Å²) >= 11 is 0. The first kappa shape index (κ1) is 30.9. The Morgan fingerprint density at radius 2 is 1.06 bits per heavy atom. The smallest absolute Gasteiger partial charge is 0.0813 e. The van der Waals surface area contributed by atoms with Crippen molar-refractivity contribution in [2.75, 3.05) is 39.6 Å². The summed E-state index contributed by atoms with van der Waals surface area (Å²) in [4.78, 5) is 0. The minimum absolute atomic E-state index is 0.258. The van der Waals surface area contributed by atoms with Gasteiger partial charge >= 0.3 is 0 Å². The molecule has 1 saturated heterocycles. The Morgan fingerprint density at radius 1 is 0.606 bits per heavy atom. The summed E-state index contributed by atoms with van der Waals surface area (Å²) in [5.41, 5.74) is 0. The van der Waals surface area contributed by atoms with Crippen molar-refractivity contribution in [1.29, 1.82) is 0 Å². The first-order chi connectivity index (χ1) is 16.4. The monoisotopic (exact) mass is 470 g/mol. The van der Waals surface area contributed by atoms with Crippen molar-refractivity contribution < 1.29 is 19.3 Å². The fourth-order valence-corrected chi connectivity index (χ4v) is 4.72. The van der Waals surface area contributed by atoms with Crippen LogP contribution in [0.3, 0.4) is 0 Å². The molecular weight excluding hydrogens is 412 g/mol. The maximum Gasteiger partial charge on any atom is 0.0813 e. The molecule has 0 radical (unpaired) electrons. The predicted octanol–water partition coefficient (Wildman–Crippen LogP) is 7.85. The highest BCUT2D eigenvalue weighted by atomic mass is 16.5. The predicted molar refractivity (Wildman–Crippen MR) is 140 cm³/mol. The van der Waals surface area contributed by atoms with Crippen LogP contribution in [0.2, 0.25) is 0 Å². The van der Waals surface area contributed by atoms with Crippen LogP contribution in [-0.2, 0) is 14.2 Å². The summed E-state index contributed by atoms with van der Waals surface area (Å²) in [5, 5.41) is 8.78. The molecule has 198 valence electrons. The third-order valence-corrected chi connectivity index (χ3v) is 6.91. The summed E-state index contributed by atoms with van der Waals surface area (Å²) in [6, 6.07) is 0. The molecule has 33 heavy (non-hydrogen) atoms. The van der Waals surface area contributed by atoms with Crippen LogP contribution >= 0.6 is 0 Å². The van der Waals surface area contributed by atoms with Gasteiger partial charge in [-0.25, -0.2) is 0 Å². The molecule has 0 aromatic rings. The first-order valence-electron chi connectivity index (χ1n) is 14.7. The molecular formula is C29H58O4. The van der Waals surface area contributed by atoms with Gasteiger partial charge in [-0.05, 0) is 32.1 Å². The van der Waals surface area contributed by atoms with E-state index in [1.54, 1.807) is 0 Å². The molecule has 0 bridgehead atoms. The molecule has 0 aromatic heterocycles. The molecule has 0 unspecified atom stereocenters. The lowest BCUT2D eigenvalue weighted by atomic mass is 10.0. The van der Waals surface area contributed by atoms with Crippen LogP contribution in [-0.4, -0.2) is 50.9 Å². The lowest BCUT2D eigenvalue weighted by Crippen LogP contribution is -2.15. The topological polar surface area (TPSA) is 47.9 Å². The van der Waals surface area contributed by atoms with Gasteiger partial charge in [0.2, 0.25) is 0 Å². The summed E-state index contributed by atoms with van der Waals surface area (Å²) < 4.78 is 17.5. The Bertz CT molecular complexity index is 377. The van der Waals surface area contributed by atoms with E-state index in [2.05, 4.69) is 6.92 Å². The van der Waals surface area contributed by atoms with Gasteiger partial charge < -0.3 is 19.3 Å². The molecule has 1 aliphatic heterocycles. The zero-order chi connectivity index (χ0) is 23.7. The van der Waals surface area contributed by atoms with Gasteiger partial charge in [0.15, 0.2) is 0 Å². The van der Waals surface area contributed by atoms with Gasteiger partial charge in [0, 0.05) is 25.7 Å². The van der Waals surface area contributed by atoms with E-state index in [-0.39, 0.29) is 12.7 Å². The minimum Gasteiger partial charge on any atom is -0.396 e. The maximum absolute atomic E-state index is 8.78. The zero-order valence-electron chi connectivity index (χ0n) is 22.2. The summed E-state index contributed by atoms with van der Waals surface area (Å²) in [6.07, 6.45) is 26.8. The van der Waals surface area contributed by atoms with Crippen LogP contribution in [0.4, 0.5) is 0 Å². The van der Waals surface area contributed by atoms with E-state index in [0.717, 1.165) is 58.7 Å². The second kappa shape index (κ2) is 24.9. The molecule has 0 spiro atoms. The van der Waals surface area contributed by atoms with Gasteiger partial charge in [0.25, 0.3) is 0 Å². The summed E-state index contributed by atoms with van der Waals surface area (Å²) in [7, 11) is 0. The van der Waals surface area contributed by atoms with Crippen molar-refractivity contribution in [2.45, 2.75) is 141 Å². The van der Waals surface area contributed by atoms with Crippen LogP contribution in [0.25, 0.3) is 0 Å². The highest BCUT2D eigenvalue weighted by molar-refractivity contribution is 4.73.